The highest BCUT2D eigenvalue weighted by molar-refractivity contribution is 4.93. The zero-order chi connectivity index (χ0) is 12.3. The summed E-state index contributed by atoms with van der Waals surface area (Å²) in [7, 11) is 0. The van der Waals surface area contributed by atoms with Crippen LogP contribution >= 0.6 is 0 Å². The van der Waals surface area contributed by atoms with Crippen LogP contribution in [0.4, 0.5) is 0 Å². The Hall–Kier alpha value is -0.850. The summed E-state index contributed by atoms with van der Waals surface area (Å²) in [4.78, 5) is 2.57. The first-order chi connectivity index (χ1) is 7.49. The van der Waals surface area contributed by atoms with Crippen molar-refractivity contribution in [3.63, 3.8) is 0 Å². The molecule has 0 spiro atoms. The van der Waals surface area contributed by atoms with Gasteiger partial charge in [-0.15, -0.1) is 0 Å². The van der Waals surface area contributed by atoms with Crippen molar-refractivity contribution in [2.75, 3.05) is 6.54 Å². The van der Waals surface area contributed by atoms with E-state index in [0.717, 1.165) is 0 Å². The van der Waals surface area contributed by atoms with Crippen LogP contribution in [0.3, 0.4) is 0 Å². The average Bonchev–Trinajstić information content (AvgIpc) is 2.24. The van der Waals surface area contributed by atoms with Gasteiger partial charge in [0.15, 0.2) is 0 Å². The van der Waals surface area contributed by atoms with E-state index in [1.54, 1.807) is 0 Å². The van der Waals surface area contributed by atoms with Gasteiger partial charge in [0.1, 0.15) is 18.3 Å². The minimum Gasteiger partial charge on any atom is -0.388 e. The topological polar surface area (TPSA) is 119 Å². The molecule has 92 valence electrons. The smallest absolute Gasteiger partial charge is 0.111 e. The fourth-order valence-corrected chi connectivity index (χ4v) is 1.80. The standard InChI is InChI=1S/C9H17N3O4/c1-4(2)9-8(15)7(14)6(13)5(16-9)3-11-12-10/h4-9,13-15H,3H2,1-2H3/t5?,6-,7-,8?,9-/m0/s1. The van der Waals surface area contributed by atoms with Crippen LogP contribution in [0.1, 0.15) is 13.8 Å². The van der Waals surface area contributed by atoms with Crippen molar-refractivity contribution in [1.82, 2.24) is 0 Å². The highest BCUT2D eigenvalue weighted by Gasteiger charge is 2.44. The molecule has 1 heterocycles. The molecule has 0 aliphatic carbocycles. The summed E-state index contributed by atoms with van der Waals surface area (Å²) in [6.45, 7) is 3.61. The molecule has 5 atom stereocenters. The molecule has 0 aromatic carbocycles. The number of rotatable bonds is 3. The van der Waals surface area contributed by atoms with Gasteiger partial charge < -0.3 is 20.1 Å². The van der Waals surface area contributed by atoms with Crippen molar-refractivity contribution < 1.29 is 20.1 Å². The van der Waals surface area contributed by atoms with Crippen LogP contribution in [-0.2, 0) is 4.74 Å². The lowest BCUT2D eigenvalue weighted by molar-refractivity contribution is -0.228. The average molecular weight is 231 g/mol. The fourth-order valence-electron chi connectivity index (χ4n) is 1.80. The number of nitrogens with zero attached hydrogens (tertiary/aromatic N) is 3. The molecule has 7 heteroatoms. The van der Waals surface area contributed by atoms with Gasteiger partial charge in [-0.3, -0.25) is 0 Å². The summed E-state index contributed by atoms with van der Waals surface area (Å²) >= 11 is 0. The lowest BCUT2D eigenvalue weighted by Gasteiger charge is -2.42. The number of hydrogen-bond donors (Lipinski definition) is 3. The molecule has 1 aliphatic heterocycles. The Labute approximate surface area is 93.3 Å². The third-order valence-electron chi connectivity index (χ3n) is 2.73. The maximum Gasteiger partial charge on any atom is 0.111 e. The predicted octanol–water partition coefficient (Wildman–Crippen LogP) is -0.197. The summed E-state index contributed by atoms with van der Waals surface area (Å²) in [6, 6.07) is 0. The van der Waals surface area contributed by atoms with Crippen LogP contribution in [0.15, 0.2) is 5.11 Å². The van der Waals surface area contributed by atoms with Crippen molar-refractivity contribution in [1.29, 1.82) is 0 Å². The molecule has 16 heavy (non-hydrogen) atoms. The van der Waals surface area contributed by atoms with Gasteiger partial charge in [0, 0.05) is 4.91 Å². The molecule has 0 radical (unpaired) electrons. The summed E-state index contributed by atoms with van der Waals surface area (Å²) in [5.74, 6) is -0.00860. The van der Waals surface area contributed by atoms with Gasteiger partial charge in [-0.05, 0) is 11.4 Å². The summed E-state index contributed by atoms with van der Waals surface area (Å²) < 4.78 is 5.42. The number of hydrogen-bond acceptors (Lipinski definition) is 5. The van der Waals surface area contributed by atoms with E-state index in [1.807, 2.05) is 13.8 Å². The van der Waals surface area contributed by atoms with Crippen molar-refractivity contribution in [2.24, 2.45) is 11.0 Å². The van der Waals surface area contributed by atoms with Gasteiger partial charge in [-0.25, -0.2) is 0 Å². The number of aliphatic hydroxyl groups is 3. The van der Waals surface area contributed by atoms with Crippen molar-refractivity contribution in [3.8, 4) is 0 Å². The second-order valence-corrected chi connectivity index (χ2v) is 4.27. The van der Waals surface area contributed by atoms with E-state index in [4.69, 9.17) is 10.3 Å². The molecule has 1 saturated heterocycles. The van der Waals surface area contributed by atoms with Crippen LogP contribution < -0.4 is 0 Å². The molecule has 1 rings (SSSR count). The Morgan fingerprint density at radius 3 is 2.38 bits per heavy atom. The molecule has 1 aliphatic rings. The van der Waals surface area contributed by atoms with Crippen LogP contribution in [0.25, 0.3) is 10.4 Å². The van der Waals surface area contributed by atoms with E-state index >= 15 is 0 Å². The quantitative estimate of drug-likeness (QED) is 0.354. The third-order valence-corrected chi connectivity index (χ3v) is 2.73. The minimum atomic E-state index is -1.28. The van der Waals surface area contributed by atoms with E-state index < -0.39 is 30.5 Å². The SMILES string of the molecule is CC(C)[C@@H]1OC(CN=[N+]=[N-])[C@H](O)[C@H](O)C1O. The fraction of sp³-hybridized carbons (Fsp3) is 1.00. The molecule has 3 N–H and O–H groups in total. The number of ether oxygens (including phenoxy) is 1. The van der Waals surface area contributed by atoms with Crippen molar-refractivity contribution in [3.05, 3.63) is 10.4 Å². The van der Waals surface area contributed by atoms with Gasteiger partial charge in [-0.1, -0.05) is 19.0 Å². The zero-order valence-corrected chi connectivity index (χ0v) is 9.26. The Bertz CT molecular complexity index is 280. The lowest BCUT2D eigenvalue weighted by Crippen LogP contribution is -2.59. The van der Waals surface area contributed by atoms with E-state index in [-0.39, 0.29) is 12.5 Å². The van der Waals surface area contributed by atoms with E-state index in [9.17, 15) is 15.3 Å². The monoisotopic (exact) mass is 231 g/mol. The Morgan fingerprint density at radius 1 is 1.25 bits per heavy atom. The highest BCUT2D eigenvalue weighted by Crippen LogP contribution is 2.25. The normalized spacial score (nSPS) is 39.5. The van der Waals surface area contributed by atoms with Crippen LogP contribution in [-0.4, -0.2) is 52.4 Å². The molecule has 0 aromatic heterocycles. The highest BCUT2D eigenvalue weighted by atomic mass is 16.5. The van der Waals surface area contributed by atoms with Gasteiger partial charge in [0.05, 0.1) is 18.8 Å². The molecule has 7 nitrogen and oxygen atoms in total. The molecular weight excluding hydrogens is 214 g/mol. The lowest BCUT2D eigenvalue weighted by atomic mass is 9.89. The second kappa shape index (κ2) is 5.47. The summed E-state index contributed by atoms with van der Waals surface area (Å²) in [5, 5.41) is 32.2. The number of aliphatic hydroxyl groups excluding tert-OH is 3. The largest absolute Gasteiger partial charge is 0.388 e. The van der Waals surface area contributed by atoms with Gasteiger partial charge in [0.25, 0.3) is 0 Å². The molecule has 0 bridgehead atoms. The van der Waals surface area contributed by atoms with E-state index in [2.05, 4.69) is 10.0 Å². The molecule has 0 aromatic rings. The Morgan fingerprint density at radius 2 is 1.88 bits per heavy atom. The van der Waals surface area contributed by atoms with Crippen LogP contribution in [0.5, 0.6) is 0 Å². The molecular formula is C9H17N3O4. The summed E-state index contributed by atoms with van der Waals surface area (Å²) in [6.07, 6.45) is -4.99. The van der Waals surface area contributed by atoms with Gasteiger partial charge in [-0.2, -0.15) is 0 Å². The maximum absolute atomic E-state index is 9.68. The molecule has 0 saturated carbocycles. The minimum absolute atomic E-state index is 0.00860. The predicted molar refractivity (Wildman–Crippen MR) is 55.5 cm³/mol. The number of azide groups is 1. The third kappa shape index (κ3) is 2.63. The first-order valence-corrected chi connectivity index (χ1v) is 5.19. The first-order valence-electron chi connectivity index (χ1n) is 5.19. The molecule has 0 amide bonds. The van der Waals surface area contributed by atoms with Crippen molar-refractivity contribution >= 4 is 0 Å². The Kier molecular flexibility index (Phi) is 4.52. The summed E-state index contributed by atoms with van der Waals surface area (Å²) in [5.41, 5.74) is 8.19. The van der Waals surface area contributed by atoms with E-state index in [1.165, 1.54) is 0 Å². The Balaban J connectivity index is 2.76. The van der Waals surface area contributed by atoms with E-state index in [0.29, 0.717) is 0 Å². The zero-order valence-electron chi connectivity index (χ0n) is 9.26. The molecule has 2 unspecified atom stereocenters. The molecule has 1 fully saturated rings. The van der Waals surface area contributed by atoms with Crippen LogP contribution in [0, 0.1) is 5.92 Å². The van der Waals surface area contributed by atoms with Crippen LogP contribution in [0.2, 0.25) is 0 Å². The van der Waals surface area contributed by atoms with Crippen molar-refractivity contribution in [2.45, 2.75) is 44.4 Å². The first kappa shape index (κ1) is 13.2. The maximum atomic E-state index is 9.68. The van der Waals surface area contributed by atoms with Gasteiger partial charge >= 0.3 is 0 Å². The van der Waals surface area contributed by atoms with Gasteiger partial charge in [0.2, 0.25) is 0 Å². The second-order valence-electron chi connectivity index (χ2n) is 4.27.